The number of carbonyl (C=O) groups is 1. The topological polar surface area (TPSA) is 102 Å². The maximum atomic E-state index is 11.7. The highest BCUT2D eigenvalue weighted by atomic mass is 16.5. The van der Waals surface area contributed by atoms with Crippen LogP contribution in [0.15, 0.2) is 49.4 Å². The van der Waals surface area contributed by atoms with Crippen LogP contribution in [-0.4, -0.2) is 57.0 Å². The summed E-state index contributed by atoms with van der Waals surface area (Å²) in [5, 5.41) is 3.15. The average molecular weight is 392 g/mol. The monoisotopic (exact) mass is 392 g/mol. The number of rotatable bonds is 6. The van der Waals surface area contributed by atoms with E-state index in [-0.39, 0.29) is 12.0 Å². The number of nitrogens with zero attached hydrogens (tertiary/aromatic N) is 5. The van der Waals surface area contributed by atoms with E-state index in [0.717, 1.165) is 6.42 Å². The fourth-order valence-corrected chi connectivity index (χ4v) is 3.10. The molecular weight excluding hydrogens is 372 g/mol. The highest BCUT2D eigenvalue weighted by molar-refractivity contribution is 5.87. The van der Waals surface area contributed by atoms with Crippen molar-refractivity contribution in [2.75, 3.05) is 25.5 Å². The van der Waals surface area contributed by atoms with Gasteiger partial charge >= 0.3 is 0 Å². The van der Waals surface area contributed by atoms with Gasteiger partial charge in [-0.15, -0.1) is 0 Å². The van der Waals surface area contributed by atoms with Gasteiger partial charge in [-0.05, 0) is 24.3 Å². The molecule has 1 atom stereocenters. The molecule has 148 valence electrons. The van der Waals surface area contributed by atoms with Gasteiger partial charge in [0.05, 0.1) is 25.4 Å². The van der Waals surface area contributed by atoms with Gasteiger partial charge in [-0.2, -0.15) is 0 Å². The lowest BCUT2D eigenvalue weighted by atomic mass is 10.3. The predicted molar refractivity (Wildman–Crippen MR) is 107 cm³/mol. The molecule has 1 fully saturated rings. The molecule has 0 aromatic carbocycles. The van der Waals surface area contributed by atoms with Gasteiger partial charge in [-0.3, -0.25) is 4.79 Å². The maximum Gasteiger partial charge on any atom is 0.246 e. The normalized spacial score (nSPS) is 15.9. The van der Waals surface area contributed by atoms with Crippen LogP contribution in [0.3, 0.4) is 0 Å². The molecule has 1 aliphatic rings. The molecule has 4 heterocycles. The van der Waals surface area contributed by atoms with Crippen molar-refractivity contribution in [2.45, 2.75) is 12.5 Å². The van der Waals surface area contributed by atoms with Gasteiger partial charge in [-0.25, -0.2) is 19.9 Å². The Morgan fingerprint density at radius 3 is 2.93 bits per heavy atom. The van der Waals surface area contributed by atoms with Crippen molar-refractivity contribution in [2.24, 2.45) is 0 Å². The number of ether oxygens (including phenoxy) is 2. The van der Waals surface area contributed by atoms with Crippen LogP contribution in [0.1, 0.15) is 6.42 Å². The predicted octanol–water partition coefficient (Wildman–Crippen LogP) is 2.34. The minimum absolute atomic E-state index is 0.0885. The van der Waals surface area contributed by atoms with E-state index in [9.17, 15) is 4.79 Å². The lowest BCUT2D eigenvalue weighted by Crippen LogP contribution is -2.29. The first-order chi connectivity index (χ1) is 14.2. The van der Waals surface area contributed by atoms with Crippen LogP contribution >= 0.6 is 0 Å². The number of hydrogen-bond donors (Lipinski definition) is 1. The molecule has 1 amide bonds. The second kappa shape index (κ2) is 8.09. The average Bonchev–Trinajstić information content (AvgIpc) is 3.22. The Bertz CT molecular complexity index is 1040. The number of pyridine rings is 2. The van der Waals surface area contributed by atoms with Gasteiger partial charge in [0.2, 0.25) is 11.8 Å². The van der Waals surface area contributed by atoms with Crippen molar-refractivity contribution in [3.8, 4) is 11.6 Å². The summed E-state index contributed by atoms with van der Waals surface area (Å²) in [4.78, 5) is 30.9. The summed E-state index contributed by atoms with van der Waals surface area (Å²) in [6.45, 7) is 4.68. The van der Waals surface area contributed by atoms with E-state index in [2.05, 4.69) is 31.8 Å². The van der Waals surface area contributed by atoms with E-state index in [4.69, 9.17) is 9.47 Å². The van der Waals surface area contributed by atoms with E-state index in [1.165, 1.54) is 12.4 Å². The third-order valence-corrected chi connectivity index (χ3v) is 4.59. The lowest BCUT2D eigenvalue weighted by molar-refractivity contribution is -0.125. The SMILES string of the molecule is C=CC(=O)N1CC[C@H](Oc2ccc3ncnc(Nc4ccc(OC)cn4)c3n2)C1. The summed E-state index contributed by atoms with van der Waals surface area (Å²) < 4.78 is 11.1. The Hall–Kier alpha value is -3.75. The van der Waals surface area contributed by atoms with Gasteiger partial charge in [0, 0.05) is 19.0 Å². The van der Waals surface area contributed by atoms with Gasteiger partial charge in [0.15, 0.2) is 5.82 Å². The molecule has 3 aromatic rings. The second-order valence-electron chi connectivity index (χ2n) is 6.46. The minimum Gasteiger partial charge on any atom is -0.495 e. The van der Waals surface area contributed by atoms with Gasteiger partial charge in [-0.1, -0.05) is 6.58 Å². The van der Waals surface area contributed by atoms with E-state index < -0.39 is 0 Å². The summed E-state index contributed by atoms with van der Waals surface area (Å²) in [5.41, 5.74) is 1.25. The van der Waals surface area contributed by atoms with Gasteiger partial charge in [0.1, 0.15) is 29.5 Å². The molecule has 1 N–H and O–H groups in total. The van der Waals surface area contributed by atoms with Gasteiger partial charge in [0.25, 0.3) is 0 Å². The molecule has 0 saturated carbocycles. The number of likely N-dealkylation sites (tertiary alicyclic amines) is 1. The smallest absolute Gasteiger partial charge is 0.246 e. The quantitative estimate of drug-likeness (QED) is 0.638. The number of carbonyl (C=O) groups excluding carboxylic acids is 1. The van der Waals surface area contributed by atoms with Gasteiger partial charge < -0.3 is 19.7 Å². The standard InChI is InChI=1S/C20H20N6O3/c1-3-18(27)26-9-8-14(11-26)29-17-7-5-15-19(25-17)20(23-12-22-15)24-16-6-4-13(28-2)10-21-16/h3-7,10,12,14H,1,8-9,11H2,2H3,(H,21,22,23,24)/t14-/m0/s1. The van der Waals surface area contributed by atoms with E-state index in [1.54, 1.807) is 36.4 Å². The minimum atomic E-state index is -0.117. The van der Waals surface area contributed by atoms with Crippen LogP contribution in [0.25, 0.3) is 11.0 Å². The number of hydrogen-bond acceptors (Lipinski definition) is 8. The summed E-state index contributed by atoms with van der Waals surface area (Å²) in [6.07, 6.45) is 5.02. The van der Waals surface area contributed by atoms with Crippen molar-refractivity contribution in [3.63, 3.8) is 0 Å². The van der Waals surface area contributed by atoms with Crippen LogP contribution in [0, 0.1) is 0 Å². The van der Waals surface area contributed by atoms with Crippen LogP contribution in [0.4, 0.5) is 11.6 Å². The number of nitrogens with one attached hydrogen (secondary N) is 1. The Balaban J connectivity index is 1.54. The summed E-state index contributed by atoms with van der Waals surface area (Å²) in [6, 6.07) is 7.18. The van der Waals surface area contributed by atoms with Crippen LogP contribution in [0.5, 0.6) is 11.6 Å². The van der Waals surface area contributed by atoms with Crippen molar-refractivity contribution < 1.29 is 14.3 Å². The van der Waals surface area contributed by atoms with Crippen LogP contribution < -0.4 is 14.8 Å². The zero-order valence-corrected chi connectivity index (χ0v) is 15.9. The van der Waals surface area contributed by atoms with Crippen molar-refractivity contribution in [3.05, 3.63) is 49.4 Å². The van der Waals surface area contributed by atoms with Crippen LogP contribution in [0.2, 0.25) is 0 Å². The Morgan fingerprint density at radius 2 is 2.17 bits per heavy atom. The molecular formula is C20H20N6O3. The molecule has 1 aliphatic heterocycles. The van der Waals surface area contributed by atoms with E-state index >= 15 is 0 Å². The Labute approximate surface area is 167 Å². The number of methoxy groups -OCH3 is 1. The fraction of sp³-hybridized carbons (Fsp3) is 0.250. The third kappa shape index (κ3) is 4.08. The maximum absolute atomic E-state index is 11.7. The molecule has 0 radical (unpaired) electrons. The molecule has 3 aromatic heterocycles. The summed E-state index contributed by atoms with van der Waals surface area (Å²) in [7, 11) is 1.59. The number of amides is 1. The molecule has 0 spiro atoms. The Morgan fingerprint density at radius 1 is 1.28 bits per heavy atom. The molecule has 0 aliphatic carbocycles. The molecule has 0 unspecified atom stereocenters. The van der Waals surface area contributed by atoms with E-state index in [0.29, 0.717) is 47.4 Å². The summed E-state index contributed by atoms with van der Waals surface area (Å²) >= 11 is 0. The highest BCUT2D eigenvalue weighted by Crippen LogP contribution is 2.25. The molecule has 9 heteroatoms. The van der Waals surface area contributed by atoms with Crippen molar-refractivity contribution in [1.29, 1.82) is 0 Å². The zero-order valence-electron chi connectivity index (χ0n) is 15.9. The largest absolute Gasteiger partial charge is 0.495 e. The van der Waals surface area contributed by atoms with Crippen LogP contribution in [-0.2, 0) is 4.79 Å². The third-order valence-electron chi connectivity index (χ3n) is 4.59. The van der Waals surface area contributed by atoms with E-state index in [1.807, 2.05) is 6.07 Å². The van der Waals surface area contributed by atoms with Crippen molar-refractivity contribution >= 4 is 28.6 Å². The first-order valence-electron chi connectivity index (χ1n) is 9.13. The number of fused-ring (bicyclic) bond motifs is 1. The molecule has 29 heavy (non-hydrogen) atoms. The molecule has 9 nitrogen and oxygen atoms in total. The summed E-state index contributed by atoms with van der Waals surface area (Å²) in [5.74, 6) is 2.16. The first kappa shape index (κ1) is 18.6. The highest BCUT2D eigenvalue weighted by Gasteiger charge is 2.26. The fourth-order valence-electron chi connectivity index (χ4n) is 3.10. The lowest BCUT2D eigenvalue weighted by Gasteiger charge is -2.15. The number of anilines is 2. The number of aromatic nitrogens is 4. The Kier molecular flexibility index (Phi) is 5.19. The molecule has 0 bridgehead atoms. The zero-order chi connectivity index (χ0) is 20.2. The first-order valence-corrected chi connectivity index (χ1v) is 9.13. The van der Waals surface area contributed by atoms with Crippen molar-refractivity contribution in [1.82, 2.24) is 24.8 Å². The second-order valence-corrected chi connectivity index (χ2v) is 6.46. The molecule has 1 saturated heterocycles. The molecule has 4 rings (SSSR count).